The van der Waals surface area contributed by atoms with Gasteiger partial charge in [0.25, 0.3) is 0 Å². The number of rotatable bonds is 3. The van der Waals surface area contributed by atoms with E-state index in [0.29, 0.717) is 10.8 Å². The average molecular weight is 289 g/mol. The van der Waals surface area contributed by atoms with Crippen molar-refractivity contribution in [2.45, 2.75) is 23.5 Å². The molecule has 2 rings (SSSR count). The van der Waals surface area contributed by atoms with Gasteiger partial charge in [-0.1, -0.05) is 6.92 Å². The first-order valence-corrected chi connectivity index (χ1v) is 8.08. The summed E-state index contributed by atoms with van der Waals surface area (Å²) in [7, 11) is 1.81. The monoisotopic (exact) mass is 289 g/mol. The van der Waals surface area contributed by atoms with Crippen LogP contribution in [0.2, 0.25) is 0 Å². The number of halogens is 2. The van der Waals surface area contributed by atoms with Crippen LogP contribution < -0.4 is 5.32 Å². The zero-order valence-electron chi connectivity index (χ0n) is 10.5. The molecule has 0 aliphatic carbocycles. The van der Waals surface area contributed by atoms with E-state index in [1.807, 2.05) is 30.6 Å². The van der Waals surface area contributed by atoms with Crippen molar-refractivity contribution in [3.05, 3.63) is 35.4 Å². The first-order chi connectivity index (χ1) is 8.63. The summed E-state index contributed by atoms with van der Waals surface area (Å²) < 4.78 is 27.2. The first-order valence-electron chi connectivity index (χ1n) is 5.99. The third-order valence-electron chi connectivity index (χ3n) is 3.17. The Bertz CT molecular complexity index is 414. The van der Waals surface area contributed by atoms with Gasteiger partial charge in [0.05, 0.1) is 0 Å². The molecule has 0 spiro atoms. The Morgan fingerprint density at radius 3 is 2.67 bits per heavy atom. The molecule has 18 heavy (non-hydrogen) atoms. The molecule has 3 unspecified atom stereocenters. The van der Waals surface area contributed by atoms with Crippen LogP contribution in [0.4, 0.5) is 8.78 Å². The van der Waals surface area contributed by atoms with Gasteiger partial charge in [0.15, 0.2) is 0 Å². The Balaban J connectivity index is 2.29. The van der Waals surface area contributed by atoms with E-state index in [0.717, 1.165) is 17.6 Å². The SMILES string of the molecule is CNC(c1cc(F)ccc1F)C1SCCSC1C. The van der Waals surface area contributed by atoms with Gasteiger partial charge in [-0.25, -0.2) is 8.78 Å². The smallest absolute Gasteiger partial charge is 0.128 e. The van der Waals surface area contributed by atoms with Crippen molar-refractivity contribution >= 4 is 23.5 Å². The average Bonchev–Trinajstić information content (AvgIpc) is 2.36. The lowest BCUT2D eigenvalue weighted by Crippen LogP contribution is -2.36. The van der Waals surface area contributed by atoms with Gasteiger partial charge in [-0.15, -0.1) is 0 Å². The fraction of sp³-hybridized carbons (Fsp3) is 0.538. The Labute approximate surface area is 115 Å². The maximum absolute atomic E-state index is 13.9. The highest BCUT2D eigenvalue weighted by molar-refractivity contribution is 8.07. The standard InChI is InChI=1S/C13H17F2NS2/c1-8-13(18-6-5-17-8)12(16-2)10-7-9(14)3-4-11(10)15/h3-4,7-8,12-13,16H,5-6H2,1-2H3. The van der Waals surface area contributed by atoms with Crippen molar-refractivity contribution in [2.24, 2.45) is 0 Å². The Kier molecular flexibility index (Phi) is 4.92. The van der Waals surface area contributed by atoms with Crippen molar-refractivity contribution in [3.63, 3.8) is 0 Å². The highest BCUT2D eigenvalue weighted by Crippen LogP contribution is 2.39. The third-order valence-corrected chi connectivity index (χ3v) is 6.36. The summed E-state index contributed by atoms with van der Waals surface area (Å²) in [6.45, 7) is 2.16. The van der Waals surface area contributed by atoms with E-state index in [-0.39, 0.29) is 22.9 Å². The Morgan fingerprint density at radius 2 is 2.00 bits per heavy atom. The summed E-state index contributed by atoms with van der Waals surface area (Å²) in [5.41, 5.74) is 0.435. The van der Waals surface area contributed by atoms with Gasteiger partial charge < -0.3 is 5.32 Å². The Hall–Kier alpha value is -0.260. The lowest BCUT2D eigenvalue weighted by atomic mass is 10.0. The predicted molar refractivity (Wildman–Crippen MR) is 76.3 cm³/mol. The second-order valence-electron chi connectivity index (χ2n) is 4.34. The van der Waals surface area contributed by atoms with Gasteiger partial charge in [-0.05, 0) is 25.2 Å². The molecule has 1 aliphatic heterocycles. The van der Waals surface area contributed by atoms with Gasteiger partial charge in [0.1, 0.15) is 11.6 Å². The minimum Gasteiger partial charge on any atom is -0.312 e. The molecule has 5 heteroatoms. The van der Waals surface area contributed by atoms with E-state index < -0.39 is 0 Å². The number of thioether (sulfide) groups is 2. The van der Waals surface area contributed by atoms with Crippen LogP contribution >= 0.6 is 23.5 Å². The third kappa shape index (κ3) is 3.00. The predicted octanol–water partition coefficient (Wildman–Crippen LogP) is 3.46. The summed E-state index contributed by atoms with van der Waals surface area (Å²) in [6, 6.07) is 3.54. The molecule has 0 amide bonds. The molecule has 1 nitrogen and oxygen atoms in total. The van der Waals surface area contributed by atoms with Crippen molar-refractivity contribution in [1.29, 1.82) is 0 Å². The lowest BCUT2D eigenvalue weighted by molar-refractivity contribution is 0.508. The highest BCUT2D eigenvalue weighted by atomic mass is 32.2. The normalized spacial score (nSPS) is 26.0. The largest absolute Gasteiger partial charge is 0.312 e. The minimum atomic E-state index is -0.382. The molecule has 0 aromatic heterocycles. The van der Waals surface area contributed by atoms with Crippen LogP contribution in [0.3, 0.4) is 0 Å². The van der Waals surface area contributed by atoms with Crippen LogP contribution in [-0.2, 0) is 0 Å². The molecule has 1 aromatic carbocycles. The molecule has 100 valence electrons. The summed E-state index contributed by atoms with van der Waals surface area (Å²) in [4.78, 5) is 0. The molecule has 1 fully saturated rings. The van der Waals surface area contributed by atoms with E-state index in [9.17, 15) is 8.78 Å². The summed E-state index contributed by atoms with van der Waals surface area (Å²) in [6.07, 6.45) is 0. The zero-order valence-corrected chi connectivity index (χ0v) is 12.1. The molecule has 1 N–H and O–H groups in total. The topological polar surface area (TPSA) is 12.0 Å². The number of hydrogen-bond donors (Lipinski definition) is 1. The van der Waals surface area contributed by atoms with Crippen LogP contribution in [0, 0.1) is 11.6 Å². The molecule has 1 aliphatic rings. The maximum atomic E-state index is 13.9. The van der Waals surface area contributed by atoms with Crippen molar-refractivity contribution in [2.75, 3.05) is 18.6 Å². The van der Waals surface area contributed by atoms with Gasteiger partial charge in [-0.3, -0.25) is 0 Å². The van der Waals surface area contributed by atoms with E-state index in [1.54, 1.807) is 0 Å². The van der Waals surface area contributed by atoms with Gasteiger partial charge in [0.2, 0.25) is 0 Å². The number of nitrogens with one attached hydrogen (secondary N) is 1. The van der Waals surface area contributed by atoms with Crippen molar-refractivity contribution < 1.29 is 8.78 Å². The van der Waals surface area contributed by atoms with Crippen LogP contribution in [0.15, 0.2) is 18.2 Å². The van der Waals surface area contributed by atoms with Gasteiger partial charge >= 0.3 is 0 Å². The van der Waals surface area contributed by atoms with Crippen molar-refractivity contribution in [3.8, 4) is 0 Å². The van der Waals surface area contributed by atoms with Crippen LogP contribution in [-0.4, -0.2) is 29.1 Å². The van der Waals surface area contributed by atoms with Gasteiger partial charge in [0, 0.05) is 33.6 Å². The number of benzene rings is 1. The molecule has 3 atom stereocenters. The molecule has 0 bridgehead atoms. The van der Waals surface area contributed by atoms with E-state index in [2.05, 4.69) is 12.2 Å². The van der Waals surface area contributed by atoms with E-state index in [4.69, 9.17) is 0 Å². The number of hydrogen-bond acceptors (Lipinski definition) is 3. The van der Waals surface area contributed by atoms with E-state index >= 15 is 0 Å². The quantitative estimate of drug-likeness (QED) is 0.915. The highest BCUT2D eigenvalue weighted by Gasteiger charge is 2.32. The molecule has 1 aromatic rings. The van der Waals surface area contributed by atoms with Crippen LogP contribution in [0.25, 0.3) is 0 Å². The molecular formula is C13H17F2NS2. The molecule has 0 radical (unpaired) electrons. The zero-order chi connectivity index (χ0) is 13.1. The van der Waals surface area contributed by atoms with E-state index in [1.165, 1.54) is 12.1 Å². The molecule has 1 heterocycles. The first kappa shape index (κ1) is 14.2. The molecule has 0 saturated carbocycles. The summed E-state index contributed by atoms with van der Waals surface area (Å²) in [5, 5.41) is 3.85. The second-order valence-corrected chi connectivity index (χ2v) is 7.11. The fourth-order valence-corrected chi connectivity index (χ4v) is 5.24. The maximum Gasteiger partial charge on any atom is 0.128 e. The summed E-state index contributed by atoms with van der Waals surface area (Å²) in [5.74, 6) is 1.48. The van der Waals surface area contributed by atoms with Crippen molar-refractivity contribution in [1.82, 2.24) is 5.32 Å². The molecule has 1 saturated heterocycles. The van der Waals surface area contributed by atoms with Crippen LogP contribution in [0.1, 0.15) is 18.5 Å². The van der Waals surface area contributed by atoms with Gasteiger partial charge in [-0.2, -0.15) is 23.5 Å². The second kappa shape index (κ2) is 6.26. The lowest BCUT2D eigenvalue weighted by Gasteiger charge is -2.34. The fourth-order valence-electron chi connectivity index (χ4n) is 2.27. The van der Waals surface area contributed by atoms with Crippen LogP contribution in [0.5, 0.6) is 0 Å². The minimum absolute atomic E-state index is 0.145. The molecular weight excluding hydrogens is 272 g/mol. The Morgan fingerprint density at radius 1 is 1.28 bits per heavy atom. The summed E-state index contributed by atoms with van der Waals surface area (Å²) >= 11 is 3.74.